The van der Waals surface area contributed by atoms with Crippen molar-refractivity contribution in [2.45, 2.75) is 44.8 Å². The Kier molecular flexibility index (Phi) is 5.60. The van der Waals surface area contributed by atoms with E-state index >= 15 is 0 Å². The van der Waals surface area contributed by atoms with Crippen LogP contribution in [0, 0.1) is 11.3 Å². The van der Waals surface area contributed by atoms with Crippen LogP contribution in [0.3, 0.4) is 0 Å². The summed E-state index contributed by atoms with van der Waals surface area (Å²) in [5.41, 5.74) is 1.26. The van der Waals surface area contributed by atoms with E-state index in [0.29, 0.717) is 18.1 Å². The number of rotatable bonds is 5. The topological polar surface area (TPSA) is 48.3 Å². The molecule has 0 aromatic heterocycles. The average molecular weight is 287 g/mol. The Morgan fingerprint density at radius 3 is 2.76 bits per heavy atom. The Labute approximate surface area is 127 Å². The lowest BCUT2D eigenvalue weighted by atomic mass is 9.97. The standard InChI is InChI=1S/C17H25N3O/c1-13-12-16(8-10-20(13)3)19-14(2)15-4-6-17(7-5-15)21-11-9-18/h4-7,13-14,16,19H,8,10-12H2,1-3H3. The summed E-state index contributed by atoms with van der Waals surface area (Å²) in [4.78, 5) is 2.42. The second-order valence-corrected chi connectivity index (χ2v) is 5.96. The smallest absolute Gasteiger partial charge is 0.174 e. The molecule has 1 aromatic rings. The van der Waals surface area contributed by atoms with Gasteiger partial charge in [-0.2, -0.15) is 5.26 Å². The maximum Gasteiger partial charge on any atom is 0.174 e. The highest BCUT2D eigenvalue weighted by molar-refractivity contribution is 5.29. The van der Waals surface area contributed by atoms with Gasteiger partial charge in [-0.05, 0) is 58.0 Å². The van der Waals surface area contributed by atoms with Crippen LogP contribution < -0.4 is 10.1 Å². The van der Waals surface area contributed by atoms with Crippen LogP contribution >= 0.6 is 0 Å². The molecule has 1 aliphatic heterocycles. The molecule has 0 amide bonds. The summed E-state index contributed by atoms with van der Waals surface area (Å²) >= 11 is 0. The van der Waals surface area contributed by atoms with Crippen LogP contribution in [0.2, 0.25) is 0 Å². The first-order chi connectivity index (χ1) is 10.1. The molecule has 21 heavy (non-hydrogen) atoms. The van der Waals surface area contributed by atoms with Crippen LogP contribution in [0.15, 0.2) is 24.3 Å². The quantitative estimate of drug-likeness (QED) is 0.904. The zero-order valence-electron chi connectivity index (χ0n) is 13.2. The van der Waals surface area contributed by atoms with Gasteiger partial charge in [0.05, 0.1) is 0 Å². The molecule has 1 saturated heterocycles. The van der Waals surface area contributed by atoms with Crippen molar-refractivity contribution in [1.29, 1.82) is 5.26 Å². The molecule has 0 saturated carbocycles. The van der Waals surface area contributed by atoms with E-state index in [-0.39, 0.29) is 6.61 Å². The van der Waals surface area contributed by atoms with Crippen molar-refractivity contribution < 1.29 is 4.74 Å². The highest BCUT2D eigenvalue weighted by Crippen LogP contribution is 2.21. The fraction of sp³-hybridized carbons (Fsp3) is 0.588. The van der Waals surface area contributed by atoms with Crippen molar-refractivity contribution in [3.63, 3.8) is 0 Å². The molecule has 1 aliphatic rings. The van der Waals surface area contributed by atoms with E-state index in [2.05, 4.69) is 43.2 Å². The number of hydrogen-bond acceptors (Lipinski definition) is 4. The SMILES string of the molecule is CC(NC1CCN(C)C(C)C1)c1ccc(OCC#N)cc1. The van der Waals surface area contributed by atoms with Crippen LogP contribution in [0.4, 0.5) is 0 Å². The summed E-state index contributed by atoms with van der Waals surface area (Å²) in [6.07, 6.45) is 2.40. The predicted molar refractivity (Wildman–Crippen MR) is 84.2 cm³/mol. The zero-order chi connectivity index (χ0) is 15.2. The molecule has 1 heterocycles. The third-order valence-electron chi connectivity index (χ3n) is 4.38. The maximum absolute atomic E-state index is 8.50. The molecule has 0 aliphatic carbocycles. The van der Waals surface area contributed by atoms with E-state index < -0.39 is 0 Å². The van der Waals surface area contributed by atoms with Crippen molar-refractivity contribution >= 4 is 0 Å². The van der Waals surface area contributed by atoms with Gasteiger partial charge in [-0.1, -0.05) is 12.1 Å². The largest absolute Gasteiger partial charge is 0.479 e. The number of piperidine rings is 1. The van der Waals surface area contributed by atoms with Crippen LogP contribution in [0.25, 0.3) is 0 Å². The van der Waals surface area contributed by atoms with Crippen LogP contribution in [0.5, 0.6) is 5.75 Å². The van der Waals surface area contributed by atoms with Gasteiger partial charge in [-0.25, -0.2) is 0 Å². The Balaban J connectivity index is 1.88. The summed E-state index contributed by atoms with van der Waals surface area (Å²) in [7, 11) is 2.20. The Morgan fingerprint density at radius 1 is 1.43 bits per heavy atom. The van der Waals surface area contributed by atoms with Crippen molar-refractivity contribution in [3.05, 3.63) is 29.8 Å². The number of hydrogen-bond donors (Lipinski definition) is 1. The van der Waals surface area contributed by atoms with Crippen molar-refractivity contribution in [3.8, 4) is 11.8 Å². The molecule has 0 bridgehead atoms. The molecule has 1 aromatic carbocycles. The van der Waals surface area contributed by atoms with Gasteiger partial charge in [0, 0.05) is 18.1 Å². The van der Waals surface area contributed by atoms with Crippen LogP contribution in [-0.2, 0) is 0 Å². The monoisotopic (exact) mass is 287 g/mol. The molecule has 1 fully saturated rings. The molecule has 4 heteroatoms. The predicted octanol–water partition coefficient (Wildman–Crippen LogP) is 2.72. The normalized spacial score (nSPS) is 24.3. The minimum atomic E-state index is 0.0978. The lowest BCUT2D eigenvalue weighted by molar-refractivity contribution is 0.163. The average Bonchev–Trinajstić information content (AvgIpc) is 2.49. The van der Waals surface area contributed by atoms with Crippen LogP contribution in [-0.4, -0.2) is 37.2 Å². The van der Waals surface area contributed by atoms with Gasteiger partial charge in [-0.15, -0.1) is 0 Å². The molecular formula is C17H25N3O. The third-order valence-corrected chi connectivity index (χ3v) is 4.38. The second kappa shape index (κ2) is 7.44. The number of benzene rings is 1. The number of ether oxygens (including phenoxy) is 1. The van der Waals surface area contributed by atoms with Crippen molar-refractivity contribution in [2.24, 2.45) is 0 Å². The maximum atomic E-state index is 8.50. The molecule has 114 valence electrons. The third kappa shape index (κ3) is 4.45. The number of likely N-dealkylation sites (tertiary alicyclic amines) is 1. The summed E-state index contributed by atoms with van der Waals surface area (Å²) in [6.45, 7) is 5.75. The number of nitrogens with one attached hydrogen (secondary N) is 1. The lowest BCUT2D eigenvalue weighted by Crippen LogP contribution is -2.46. The molecule has 0 radical (unpaired) electrons. The first-order valence-electron chi connectivity index (χ1n) is 7.66. The summed E-state index contributed by atoms with van der Waals surface area (Å²) in [6, 6.07) is 11.5. The van der Waals surface area contributed by atoms with Gasteiger partial charge >= 0.3 is 0 Å². The minimum Gasteiger partial charge on any atom is -0.479 e. The highest BCUT2D eigenvalue weighted by atomic mass is 16.5. The van der Waals surface area contributed by atoms with E-state index in [1.165, 1.54) is 18.4 Å². The van der Waals surface area contributed by atoms with E-state index in [4.69, 9.17) is 10.00 Å². The van der Waals surface area contributed by atoms with Gasteiger partial charge < -0.3 is 15.0 Å². The molecule has 2 rings (SSSR count). The van der Waals surface area contributed by atoms with Gasteiger partial charge in [0.15, 0.2) is 6.61 Å². The first-order valence-corrected chi connectivity index (χ1v) is 7.66. The molecule has 3 unspecified atom stereocenters. The fourth-order valence-corrected chi connectivity index (χ4v) is 2.86. The van der Waals surface area contributed by atoms with Gasteiger partial charge in [-0.3, -0.25) is 0 Å². The second-order valence-electron chi connectivity index (χ2n) is 5.96. The van der Waals surface area contributed by atoms with Gasteiger partial charge in [0.1, 0.15) is 11.8 Å². The van der Waals surface area contributed by atoms with Crippen molar-refractivity contribution in [1.82, 2.24) is 10.2 Å². The number of nitriles is 1. The summed E-state index contributed by atoms with van der Waals surface area (Å²) in [5.74, 6) is 0.750. The summed E-state index contributed by atoms with van der Waals surface area (Å²) < 4.78 is 5.28. The summed E-state index contributed by atoms with van der Waals surface area (Å²) in [5, 5.41) is 12.2. The molecule has 4 nitrogen and oxygen atoms in total. The Morgan fingerprint density at radius 2 is 2.14 bits per heavy atom. The highest BCUT2D eigenvalue weighted by Gasteiger charge is 2.23. The zero-order valence-corrected chi connectivity index (χ0v) is 13.2. The van der Waals surface area contributed by atoms with Crippen molar-refractivity contribution in [2.75, 3.05) is 20.2 Å². The van der Waals surface area contributed by atoms with E-state index in [1.54, 1.807) is 0 Å². The van der Waals surface area contributed by atoms with E-state index in [9.17, 15) is 0 Å². The lowest BCUT2D eigenvalue weighted by Gasteiger charge is -2.36. The molecular weight excluding hydrogens is 262 g/mol. The van der Waals surface area contributed by atoms with E-state index in [0.717, 1.165) is 12.3 Å². The van der Waals surface area contributed by atoms with Gasteiger partial charge in [0.2, 0.25) is 0 Å². The van der Waals surface area contributed by atoms with E-state index in [1.807, 2.05) is 18.2 Å². The molecule has 0 spiro atoms. The van der Waals surface area contributed by atoms with Gasteiger partial charge in [0.25, 0.3) is 0 Å². The Hall–Kier alpha value is -1.57. The molecule has 3 atom stereocenters. The van der Waals surface area contributed by atoms with Crippen LogP contribution in [0.1, 0.15) is 38.3 Å². The fourth-order valence-electron chi connectivity index (χ4n) is 2.86. The first kappa shape index (κ1) is 15.8. The minimum absolute atomic E-state index is 0.0978. The number of nitrogens with zero attached hydrogens (tertiary/aromatic N) is 2. The molecule has 1 N–H and O–H groups in total. The Bertz CT molecular complexity index is 480.